The number of carboxylic acids is 1. The monoisotopic (exact) mass is 245 g/mol. The van der Waals surface area contributed by atoms with E-state index in [2.05, 4.69) is 10.1 Å². The molecule has 92 valence electrons. The zero-order valence-electron chi connectivity index (χ0n) is 9.70. The topological polar surface area (TPSA) is 85.1 Å². The van der Waals surface area contributed by atoms with Gasteiger partial charge in [-0.15, -0.1) is 0 Å². The molecule has 0 radical (unpaired) electrons. The quantitative estimate of drug-likeness (QED) is 0.867. The van der Waals surface area contributed by atoms with Crippen LogP contribution >= 0.6 is 0 Å². The van der Waals surface area contributed by atoms with E-state index in [1.54, 1.807) is 12.1 Å². The molecule has 0 saturated heterocycles. The number of aromatic carboxylic acids is 1. The minimum atomic E-state index is -0.984. The van der Waals surface area contributed by atoms with Crippen molar-refractivity contribution in [2.75, 3.05) is 0 Å². The highest BCUT2D eigenvalue weighted by atomic mass is 16.4. The summed E-state index contributed by atoms with van der Waals surface area (Å²) < 4.78 is 1.45. The Bertz CT molecular complexity index is 632. The number of hydrogen-bond acceptors (Lipinski definition) is 4. The average Bonchev–Trinajstić information content (AvgIpc) is 2.39. The molecule has 0 aliphatic carbocycles. The summed E-state index contributed by atoms with van der Waals surface area (Å²) in [5.74, 6) is -0.984. The van der Waals surface area contributed by atoms with Crippen molar-refractivity contribution >= 4 is 5.97 Å². The Morgan fingerprint density at radius 1 is 1.33 bits per heavy atom. The van der Waals surface area contributed by atoms with Crippen LogP contribution in [0.2, 0.25) is 0 Å². The minimum Gasteiger partial charge on any atom is -0.478 e. The van der Waals surface area contributed by atoms with E-state index < -0.39 is 5.97 Å². The lowest BCUT2D eigenvalue weighted by molar-refractivity contribution is 0.0697. The van der Waals surface area contributed by atoms with E-state index in [0.29, 0.717) is 17.8 Å². The van der Waals surface area contributed by atoms with Crippen LogP contribution in [-0.4, -0.2) is 25.8 Å². The molecule has 0 saturated carbocycles. The maximum absolute atomic E-state index is 11.3. The molecule has 1 aromatic heterocycles. The summed E-state index contributed by atoms with van der Waals surface area (Å²) in [4.78, 5) is 25.7. The van der Waals surface area contributed by atoms with Gasteiger partial charge in [-0.2, -0.15) is 10.1 Å². The molecule has 0 amide bonds. The van der Waals surface area contributed by atoms with Gasteiger partial charge in [0.15, 0.2) is 0 Å². The van der Waals surface area contributed by atoms with E-state index in [9.17, 15) is 9.59 Å². The number of benzene rings is 1. The summed E-state index contributed by atoms with van der Waals surface area (Å²) in [6.45, 7) is 1.82. The summed E-state index contributed by atoms with van der Waals surface area (Å²) in [5.41, 5.74) is 0.890. The van der Waals surface area contributed by atoms with Crippen molar-refractivity contribution in [2.45, 2.75) is 13.3 Å². The maximum Gasteiger partial charge on any atom is 0.335 e. The Hall–Kier alpha value is -2.50. The number of aromatic nitrogens is 3. The second kappa shape index (κ2) is 4.79. The lowest BCUT2D eigenvalue weighted by Gasteiger charge is -2.05. The largest absolute Gasteiger partial charge is 0.478 e. The second-order valence-corrected chi connectivity index (χ2v) is 3.65. The lowest BCUT2D eigenvalue weighted by atomic mass is 10.2. The molecular weight excluding hydrogens is 234 g/mol. The van der Waals surface area contributed by atoms with Gasteiger partial charge in [-0.3, -0.25) is 4.79 Å². The molecule has 18 heavy (non-hydrogen) atoms. The van der Waals surface area contributed by atoms with Gasteiger partial charge in [0, 0.05) is 0 Å². The maximum atomic E-state index is 11.3. The Balaban J connectivity index is 2.42. The summed E-state index contributed by atoms with van der Waals surface area (Å²) in [5, 5.41) is 12.9. The first-order valence-corrected chi connectivity index (χ1v) is 5.40. The Morgan fingerprint density at radius 2 is 2.00 bits per heavy atom. The van der Waals surface area contributed by atoms with Gasteiger partial charge in [0.05, 0.1) is 11.3 Å². The number of nitrogens with zero attached hydrogens (tertiary/aromatic N) is 3. The van der Waals surface area contributed by atoms with Gasteiger partial charge in [-0.25, -0.2) is 9.48 Å². The predicted octanol–water partition coefficient (Wildman–Crippen LogP) is 0.888. The number of rotatable bonds is 3. The van der Waals surface area contributed by atoms with Crippen molar-refractivity contribution in [3.05, 3.63) is 52.2 Å². The van der Waals surface area contributed by atoms with Crippen molar-refractivity contribution in [1.29, 1.82) is 0 Å². The van der Waals surface area contributed by atoms with Gasteiger partial charge in [-0.05, 0) is 30.7 Å². The van der Waals surface area contributed by atoms with Crippen LogP contribution in [0.1, 0.15) is 23.0 Å². The first kappa shape index (κ1) is 12.0. The second-order valence-electron chi connectivity index (χ2n) is 3.65. The highest BCUT2D eigenvalue weighted by Gasteiger charge is 2.05. The highest BCUT2D eigenvalue weighted by molar-refractivity contribution is 5.87. The summed E-state index contributed by atoms with van der Waals surface area (Å²) in [6, 6.07) is 6.18. The van der Waals surface area contributed by atoms with Crippen LogP contribution in [0, 0.1) is 0 Å². The molecule has 2 rings (SSSR count). The average molecular weight is 245 g/mol. The van der Waals surface area contributed by atoms with E-state index in [1.165, 1.54) is 23.1 Å². The molecule has 2 aromatic rings. The van der Waals surface area contributed by atoms with Crippen molar-refractivity contribution < 1.29 is 9.90 Å². The zero-order valence-corrected chi connectivity index (χ0v) is 9.70. The fourth-order valence-corrected chi connectivity index (χ4v) is 1.48. The van der Waals surface area contributed by atoms with E-state index in [4.69, 9.17) is 5.11 Å². The molecule has 0 atom stereocenters. The summed E-state index contributed by atoms with van der Waals surface area (Å²) >= 11 is 0. The molecule has 1 aromatic carbocycles. The first-order valence-electron chi connectivity index (χ1n) is 5.40. The van der Waals surface area contributed by atoms with Crippen LogP contribution in [-0.2, 0) is 6.42 Å². The molecule has 1 N–H and O–H groups in total. The van der Waals surface area contributed by atoms with E-state index in [1.807, 2.05) is 6.92 Å². The van der Waals surface area contributed by atoms with Crippen LogP contribution in [0.25, 0.3) is 5.69 Å². The van der Waals surface area contributed by atoms with Gasteiger partial charge >= 0.3 is 5.97 Å². The smallest absolute Gasteiger partial charge is 0.335 e. The molecule has 0 unspecified atom stereocenters. The van der Waals surface area contributed by atoms with Crippen LogP contribution in [0.3, 0.4) is 0 Å². The molecular formula is C12H11N3O3. The molecule has 0 spiro atoms. The number of carbonyl (C=O) groups is 1. The summed E-state index contributed by atoms with van der Waals surface area (Å²) in [7, 11) is 0. The Kier molecular flexibility index (Phi) is 3.18. The van der Waals surface area contributed by atoms with Crippen LogP contribution in [0.15, 0.2) is 35.4 Å². The number of hydrogen-bond donors (Lipinski definition) is 1. The standard InChI is InChI=1S/C12H11N3O3/c1-2-10-11(16)13-7-15(14-10)9-5-3-8(4-6-9)12(17)18/h3-7H,2H2,1H3,(H,17,18). The van der Waals surface area contributed by atoms with Gasteiger partial charge in [0.2, 0.25) is 0 Å². The molecule has 0 aliphatic rings. The predicted molar refractivity (Wildman–Crippen MR) is 64.0 cm³/mol. The first-order chi connectivity index (χ1) is 8.61. The van der Waals surface area contributed by atoms with Crippen molar-refractivity contribution in [2.24, 2.45) is 0 Å². The third-order valence-electron chi connectivity index (χ3n) is 2.47. The third-order valence-corrected chi connectivity index (χ3v) is 2.47. The minimum absolute atomic E-state index is 0.198. The lowest BCUT2D eigenvalue weighted by Crippen LogP contribution is -2.19. The van der Waals surface area contributed by atoms with Crippen molar-refractivity contribution in [3.63, 3.8) is 0 Å². The van der Waals surface area contributed by atoms with Crippen molar-refractivity contribution in [3.8, 4) is 5.69 Å². The molecule has 6 nitrogen and oxygen atoms in total. The fraction of sp³-hybridized carbons (Fsp3) is 0.167. The molecule has 0 aliphatic heterocycles. The van der Waals surface area contributed by atoms with E-state index in [-0.39, 0.29) is 11.1 Å². The van der Waals surface area contributed by atoms with Crippen LogP contribution in [0.5, 0.6) is 0 Å². The number of aryl methyl sites for hydroxylation is 1. The van der Waals surface area contributed by atoms with E-state index in [0.717, 1.165) is 0 Å². The molecule has 6 heteroatoms. The van der Waals surface area contributed by atoms with Gasteiger partial charge in [-0.1, -0.05) is 6.92 Å². The third kappa shape index (κ3) is 2.27. The van der Waals surface area contributed by atoms with Crippen molar-refractivity contribution in [1.82, 2.24) is 14.8 Å². The fourth-order valence-electron chi connectivity index (χ4n) is 1.48. The highest BCUT2D eigenvalue weighted by Crippen LogP contribution is 2.07. The van der Waals surface area contributed by atoms with Gasteiger partial charge in [0.25, 0.3) is 5.56 Å². The normalized spacial score (nSPS) is 10.3. The molecule has 0 bridgehead atoms. The SMILES string of the molecule is CCc1nn(-c2ccc(C(=O)O)cc2)cnc1=O. The zero-order chi connectivity index (χ0) is 13.1. The summed E-state index contributed by atoms with van der Waals surface area (Å²) in [6.07, 6.45) is 1.82. The molecule has 1 heterocycles. The van der Waals surface area contributed by atoms with Crippen LogP contribution < -0.4 is 5.56 Å². The van der Waals surface area contributed by atoms with E-state index >= 15 is 0 Å². The van der Waals surface area contributed by atoms with Gasteiger partial charge < -0.3 is 5.11 Å². The Morgan fingerprint density at radius 3 is 2.56 bits per heavy atom. The van der Waals surface area contributed by atoms with Crippen LogP contribution in [0.4, 0.5) is 0 Å². The van der Waals surface area contributed by atoms with Gasteiger partial charge in [0.1, 0.15) is 12.0 Å². The Labute approximate surface area is 103 Å². The molecule has 0 fully saturated rings. The number of carboxylic acid groups (broad SMARTS) is 1.